The van der Waals surface area contributed by atoms with Gasteiger partial charge in [-0.3, -0.25) is 19.1 Å². The van der Waals surface area contributed by atoms with E-state index in [4.69, 9.17) is 5.11 Å². The first-order chi connectivity index (χ1) is 9.88. The summed E-state index contributed by atoms with van der Waals surface area (Å²) >= 11 is 0. The van der Waals surface area contributed by atoms with Gasteiger partial charge in [-0.25, -0.2) is 9.59 Å². The molecule has 3 N–H and O–H groups in total. The van der Waals surface area contributed by atoms with Crippen molar-refractivity contribution < 1.29 is 14.7 Å². The van der Waals surface area contributed by atoms with E-state index in [1.807, 2.05) is 18.8 Å². The summed E-state index contributed by atoms with van der Waals surface area (Å²) in [6.45, 7) is 3.43. The van der Waals surface area contributed by atoms with Crippen LogP contribution in [0.5, 0.6) is 0 Å². The minimum absolute atomic E-state index is 0.253. The third-order valence-electron chi connectivity index (χ3n) is 3.25. The average molecular weight is 297 g/mol. The summed E-state index contributed by atoms with van der Waals surface area (Å²) in [5.74, 6) is -1.86. The van der Waals surface area contributed by atoms with Crippen LogP contribution in [0.25, 0.3) is 0 Å². The summed E-state index contributed by atoms with van der Waals surface area (Å²) in [6.07, 6.45) is 2.40. The molecule has 21 heavy (non-hydrogen) atoms. The number of nitrogens with zero attached hydrogens (tertiary/aromatic N) is 1. The molecule has 0 spiro atoms. The number of nitrogens with one attached hydrogen (secondary N) is 2. The Hall–Kier alpha value is -2.38. The third kappa shape index (κ3) is 4.59. The van der Waals surface area contributed by atoms with E-state index in [-0.39, 0.29) is 18.4 Å². The van der Waals surface area contributed by atoms with Crippen LogP contribution in [-0.4, -0.2) is 32.6 Å². The fraction of sp³-hybridized carbons (Fsp3) is 0.538. The first-order valence-electron chi connectivity index (χ1n) is 6.72. The van der Waals surface area contributed by atoms with Crippen molar-refractivity contribution >= 4 is 11.9 Å². The number of H-pyrrole nitrogens is 1. The van der Waals surface area contributed by atoms with Gasteiger partial charge >= 0.3 is 11.7 Å². The van der Waals surface area contributed by atoms with Gasteiger partial charge in [0.1, 0.15) is 6.04 Å². The molecule has 0 saturated heterocycles. The van der Waals surface area contributed by atoms with E-state index in [1.165, 1.54) is 6.20 Å². The topological polar surface area (TPSA) is 121 Å². The molecule has 0 bridgehead atoms. The summed E-state index contributed by atoms with van der Waals surface area (Å²) in [5.41, 5.74) is -1.28. The van der Waals surface area contributed by atoms with Gasteiger partial charge in [-0.05, 0) is 12.8 Å². The Morgan fingerprint density at radius 3 is 2.43 bits per heavy atom. The van der Waals surface area contributed by atoms with Crippen LogP contribution in [0.4, 0.5) is 0 Å². The van der Waals surface area contributed by atoms with Gasteiger partial charge in [0, 0.05) is 18.2 Å². The molecule has 0 aromatic carbocycles. The second-order valence-corrected chi connectivity index (χ2v) is 4.68. The summed E-state index contributed by atoms with van der Waals surface area (Å²) in [7, 11) is 0. The van der Waals surface area contributed by atoms with Crippen LogP contribution in [0.3, 0.4) is 0 Å². The van der Waals surface area contributed by atoms with E-state index in [9.17, 15) is 19.2 Å². The molecule has 0 unspecified atom stereocenters. The molecule has 1 aromatic rings. The lowest BCUT2D eigenvalue weighted by Gasteiger charge is -2.19. The van der Waals surface area contributed by atoms with E-state index in [1.54, 1.807) is 0 Å². The molecule has 0 saturated carbocycles. The Morgan fingerprint density at radius 1 is 1.33 bits per heavy atom. The number of aliphatic carboxylic acids is 1. The smallest absolute Gasteiger partial charge is 0.328 e. The number of aromatic nitrogens is 2. The number of carbonyl (C=O) groups excluding carboxylic acids is 1. The second kappa shape index (κ2) is 7.41. The molecular weight excluding hydrogens is 278 g/mol. The highest BCUT2D eigenvalue weighted by atomic mass is 16.4. The summed E-state index contributed by atoms with van der Waals surface area (Å²) in [6, 6.07) is -0.120. The quantitative estimate of drug-likeness (QED) is 0.629. The Kier molecular flexibility index (Phi) is 5.89. The van der Waals surface area contributed by atoms with Gasteiger partial charge in [-0.1, -0.05) is 13.8 Å². The minimum Gasteiger partial charge on any atom is -0.480 e. The first-order valence-corrected chi connectivity index (χ1v) is 6.72. The van der Waals surface area contributed by atoms with E-state index in [2.05, 4.69) is 5.32 Å². The number of carboxylic acids is 1. The van der Waals surface area contributed by atoms with E-state index < -0.39 is 23.3 Å². The molecule has 0 aliphatic heterocycles. The van der Waals surface area contributed by atoms with Crippen molar-refractivity contribution in [3.05, 3.63) is 33.1 Å². The van der Waals surface area contributed by atoms with Crippen LogP contribution >= 0.6 is 0 Å². The normalized spacial score (nSPS) is 12.1. The molecule has 0 fully saturated rings. The lowest BCUT2D eigenvalue weighted by Crippen LogP contribution is -2.47. The van der Waals surface area contributed by atoms with Crippen LogP contribution in [0.1, 0.15) is 26.7 Å². The number of aromatic amines is 1. The standard InChI is InChI=1S/C13H19N3O5/c1-3-8(4-2)11(18)14-9(12(19)20)7-16-6-5-10(17)15-13(16)21/h5-6,8-9H,3-4,7H2,1-2H3,(H,14,18)(H,19,20)(H,15,17,21)/t9-/m0/s1. The number of amides is 1. The predicted molar refractivity (Wildman–Crippen MR) is 75.0 cm³/mol. The molecule has 8 nitrogen and oxygen atoms in total. The SMILES string of the molecule is CCC(CC)C(=O)N[C@@H](Cn1ccc(=O)[nH]c1=O)C(=O)O. The fourth-order valence-corrected chi connectivity index (χ4v) is 1.92. The Bertz CT molecular complexity index is 615. The molecule has 8 heteroatoms. The Labute approximate surface area is 120 Å². The number of carbonyl (C=O) groups is 2. The lowest BCUT2D eigenvalue weighted by molar-refractivity contribution is -0.143. The molecule has 0 aliphatic rings. The maximum atomic E-state index is 11.9. The van der Waals surface area contributed by atoms with Gasteiger partial charge in [0.25, 0.3) is 5.56 Å². The van der Waals surface area contributed by atoms with Crippen LogP contribution in [-0.2, 0) is 16.1 Å². The van der Waals surface area contributed by atoms with E-state index in [0.717, 1.165) is 10.6 Å². The molecule has 0 radical (unpaired) electrons. The van der Waals surface area contributed by atoms with Crippen molar-refractivity contribution in [1.29, 1.82) is 0 Å². The van der Waals surface area contributed by atoms with Crippen molar-refractivity contribution in [1.82, 2.24) is 14.9 Å². The monoisotopic (exact) mass is 297 g/mol. The Balaban J connectivity index is 2.88. The van der Waals surface area contributed by atoms with Gasteiger partial charge in [0.2, 0.25) is 5.91 Å². The van der Waals surface area contributed by atoms with Gasteiger partial charge in [0.15, 0.2) is 0 Å². The van der Waals surface area contributed by atoms with E-state index >= 15 is 0 Å². The second-order valence-electron chi connectivity index (χ2n) is 4.68. The van der Waals surface area contributed by atoms with Crippen molar-refractivity contribution in [2.75, 3.05) is 0 Å². The maximum Gasteiger partial charge on any atom is 0.328 e. The van der Waals surface area contributed by atoms with Gasteiger partial charge < -0.3 is 10.4 Å². The number of rotatable bonds is 7. The summed E-state index contributed by atoms with van der Waals surface area (Å²) < 4.78 is 1.04. The van der Waals surface area contributed by atoms with Gasteiger partial charge in [0.05, 0.1) is 6.54 Å². The zero-order valence-electron chi connectivity index (χ0n) is 12.0. The zero-order chi connectivity index (χ0) is 16.0. The average Bonchev–Trinajstić information content (AvgIpc) is 2.42. The molecule has 116 valence electrons. The molecule has 1 amide bonds. The predicted octanol–water partition coefficient (Wildman–Crippen LogP) is -0.458. The minimum atomic E-state index is -1.24. The highest BCUT2D eigenvalue weighted by Gasteiger charge is 2.24. The van der Waals surface area contributed by atoms with Crippen molar-refractivity contribution in [2.45, 2.75) is 39.3 Å². The maximum absolute atomic E-state index is 11.9. The van der Waals surface area contributed by atoms with Crippen molar-refractivity contribution in [3.63, 3.8) is 0 Å². The third-order valence-corrected chi connectivity index (χ3v) is 3.25. The molecule has 1 heterocycles. The Morgan fingerprint density at radius 2 is 1.95 bits per heavy atom. The van der Waals surface area contributed by atoms with Crippen LogP contribution in [0.2, 0.25) is 0 Å². The highest BCUT2D eigenvalue weighted by molar-refractivity contribution is 5.84. The van der Waals surface area contributed by atoms with Crippen LogP contribution in [0.15, 0.2) is 21.9 Å². The highest BCUT2D eigenvalue weighted by Crippen LogP contribution is 2.07. The molecular formula is C13H19N3O5. The van der Waals surface area contributed by atoms with Crippen LogP contribution < -0.4 is 16.6 Å². The molecule has 1 atom stereocenters. The number of hydrogen-bond donors (Lipinski definition) is 3. The number of carboxylic acid groups (broad SMARTS) is 1. The molecule has 1 rings (SSSR count). The number of hydrogen-bond acceptors (Lipinski definition) is 4. The van der Waals surface area contributed by atoms with E-state index in [0.29, 0.717) is 12.8 Å². The molecule has 0 aliphatic carbocycles. The van der Waals surface area contributed by atoms with Crippen LogP contribution in [0, 0.1) is 5.92 Å². The summed E-state index contributed by atoms with van der Waals surface area (Å²) in [4.78, 5) is 47.7. The van der Waals surface area contributed by atoms with Crippen molar-refractivity contribution in [2.24, 2.45) is 5.92 Å². The molecule has 1 aromatic heterocycles. The van der Waals surface area contributed by atoms with Gasteiger partial charge in [-0.2, -0.15) is 0 Å². The van der Waals surface area contributed by atoms with Crippen molar-refractivity contribution in [3.8, 4) is 0 Å². The fourth-order valence-electron chi connectivity index (χ4n) is 1.92. The largest absolute Gasteiger partial charge is 0.480 e. The first kappa shape index (κ1) is 16.7. The van der Waals surface area contributed by atoms with Gasteiger partial charge in [-0.15, -0.1) is 0 Å². The summed E-state index contributed by atoms with van der Waals surface area (Å²) in [5, 5.41) is 11.6. The zero-order valence-corrected chi connectivity index (χ0v) is 12.0. The lowest BCUT2D eigenvalue weighted by atomic mass is 10.0.